The van der Waals surface area contributed by atoms with E-state index in [1.807, 2.05) is 42.6 Å². The van der Waals surface area contributed by atoms with Crippen molar-refractivity contribution in [3.05, 3.63) is 81.6 Å². The van der Waals surface area contributed by atoms with E-state index < -0.39 is 6.04 Å². The molecule has 8 heteroatoms. The van der Waals surface area contributed by atoms with Crippen LogP contribution in [0.25, 0.3) is 16.9 Å². The lowest BCUT2D eigenvalue weighted by molar-refractivity contribution is -0.114. The number of para-hydroxylation sites is 1. The highest BCUT2D eigenvalue weighted by Crippen LogP contribution is 2.36. The number of carbonyl (C=O) groups is 2. The summed E-state index contributed by atoms with van der Waals surface area (Å²) in [5.41, 5.74) is 3.83. The van der Waals surface area contributed by atoms with Gasteiger partial charge in [0.15, 0.2) is 5.78 Å². The van der Waals surface area contributed by atoms with Gasteiger partial charge in [-0.15, -0.1) is 0 Å². The predicted octanol–water partition coefficient (Wildman–Crippen LogP) is 5.06. The van der Waals surface area contributed by atoms with E-state index >= 15 is 0 Å². The number of urea groups is 1. The van der Waals surface area contributed by atoms with Gasteiger partial charge < -0.3 is 10.6 Å². The largest absolute Gasteiger partial charge is 0.327 e. The van der Waals surface area contributed by atoms with Gasteiger partial charge in [0, 0.05) is 28.6 Å². The second kappa shape index (κ2) is 7.97. The number of ketones is 1. The van der Waals surface area contributed by atoms with Crippen molar-refractivity contribution < 1.29 is 9.59 Å². The first kappa shape index (κ1) is 20.2. The van der Waals surface area contributed by atoms with Gasteiger partial charge in [0.2, 0.25) is 0 Å². The first-order valence-electron chi connectivity index (χ1n) is 9.25. The van der Waals surface area contributed by atoms with Crippen molar-refractivity contribution in [2.75, 3.05) is 0 Å². The van der Waals surface area contributed by atoms with Crippen LogP contribution in [-0.4, -0.2) is 21.6 Å². The Morgan fingerprint density at radius 2 is 1.83 bits per heavy atom. The number of rotatable bonds is 4. The summed E-state index contributed by atoms with van der Waals surface area (Å²) in [5, 5.41) is 11.1. The fourth-order valence-corrected chi connectivity index (χ4v) is 3.87. The summed E-state index contributed by atoms with van der Waals surface area (Å²) in [7, 11) is 0. The molecule has 2 N–H and O–H groups in total. The van der Waals surface area contributed by atoms with Crippen LogP contribution in [0.15, 0.2) is 66.0 Å². The second-order valence-electron chi connectivity index (χ2n) is 6.97. The Hall–Kier alpha value is -3.09. The molecule has 0 radical (unpaired) electrons. The Bertz CT molecular complexity index is 1190. The number of allylic oxidation sites excluding steroid dienone is 1. The summed E-state index contributed by atoms with van der Waals surface area (Å²) in [5.74, 6) is -0.141. The van der Waals surface area contributed by atoms with Crippen LogP contribution < -0.4 is 10.6 Å². The fourth-order valence-electron chi connectivity index (χ4n) is 3.57. The van der Waals surface area contributed by atoms with Gasteiger partial charge in [0.1, 0.15) is 0 Å². The number of hydrogen-bond donors (Lipinski definition) is 2. The summed E-state index contributed by atoms with van der Waals surface area (Å²) >= 11 is 12.3. The molecule has 6 nitrogen and oxygen atoms in total. The third-order valence-corrected chi connectivity index (χ3v) is 5.65. The van der Waals surface area contributed by atoms with Crippen LogP contribution >= 0.6 is 23.2 Å². The number of nitrogens with zero attached hydrogens (tertiary/aromatic N) is 2. The molecule has 2 heterocycles. The molecule has 0 aliphatic carbocycles. The standard InChI is InChI=1S/C22H18Cl2N4O2/c1-12-19(13(2)29)21(26-22(30)25-12)16-11-28(15-6-4-3-5-7-15)27-20(16)14-8-9-17(23)18(24)10-14/h3-11,21H,1-2H3,(H2,25,26,30). The first-order valence-corrected chi connectivity index (χ1v) is 10.0. The molecule has 0 saturated heterocycles. The smallest absolute Gasteiger partial charge is 0.319 e. The minimum atomic E-state index is -0.654. The Morgan fingerprint density at radius 1 is 1.10 bits per heavy atom. The minimum absolute atomic E-state index is 0.141. The number of carbonyl (C=O) groups excluding carboxylic acids is 2. The summed E-state index contributed by atoms with van der Waals surface area (Å²) < 4.78 is 1.72. The van der Waals surface area contributed by atoms with Gasteiger partial charge in [-0.2, -0.15) is 5.10 Å². The quantitative estimate of drug-likeness (QED) is 0.594. The molecule has 2 aromatic carbocycles. The van der Waals surface area contributed by atoms with Gasteiger partial charge in [-0.25, -0.2) is 9.48 Å². The maximum absolute atomic E-state index is 12.4. The van der Waals surface area contributed by atoms with Crippen molar-refractivity contribution in [1.29, 1.82) is 0 Å². The number of halogens is 2. The maximum Gasteiger partial charge on any atom is 0.319 e. The van der Waals surface area contributed by atoms with Gasteiger partial charge in [-0.3, -0.25) is 4.79 Å². The number of hydrogen-bond acceptors (Lipinski definition) is 3. The molecule has 1 atom stereocenters. The van der Waals surface area contributed by atoms with Gasteiger partial charge in [-0.05, 0) is 38.1 Å². The number of benzene rings is 2. The van der Waals surface area contributed by atoms with Crippen molar-refractivity contribution in [3.8, 4) is 16.9 Å². The summed E-state index contributed by atoms with van der Waals surface area (Å²) in [6.45, 7) is 3.19. The van der Waals surface area contributed by atoms with Crippen molar-refractivity contribution >= 4 is 35.0 Å². The van der Waals surface area contributed by atoms with Crippen molar-refractivity contribution in [2.24, 2.45) is 0 Å². The van der Waals surface area contributed by atoms with Gasteiger partial charge >= 0.3 is 6.03 Å². The third kappa shape index (κ3) is 3.72. The summed E-state index contributed by atoms with van der Waals surface area (Å²) in [4.78, 5) is 24.6. The molecule has 30 heavy (non-hydrogen) atoms. The first-order chi connectivity index (χ1) is 14.3. The van der Waals surface area contributed by atoms with E-state index in [1.165, 1.54) is 6.92 Å². The Balaban J connectivity index is 1.94. The van der Waals surface area contributed by atoms with Crippen LogP contribution in [0.2, 0.25) is 10.0 Å². The molecule has 0 fully saturated rings. The Kier molecular flexibility index (Phi) is 5.37. The number of aromatic nitrogens is 2. The molecule has 1 aliphatic heterocycles. The maximum atomic E-state index is 12.4. The molecular formula is C22H18Cl2N4O2. The van der Waals surface area contributed by atoms with Gasteiger partial charge in [-0.1, -0.05) is 47.5 Å². The summed E-state index contributed by atoms with van der Waals surface area (Å²) in [6.07, 6.45) is 1.82. The molecule has 0 saturated carbocycles. The van der Waals surface area contributed by atoms with E-state index in [0.717, 1.165) is 11.3 Å². The summed E-state index contributed by atoms with van der Waals surface area (Å²) in [6, 6.07) is 13.8. The number of nitrogens with one attached hydrogen (secondary N) is 2. The average molecular weight is 441 g/mol. The molecule has 0 spiro atoms. The topological polar surface area (TPSA) is 76.0 Å². The second-order valence-corrected chi connectivity index (χ2v) is 7.78. The predicted molar refractivity (Wildman–Crippen MR) is 117 cm³/mol. The zero-order valence-corrected chi connectivity index (χ0v) is 17.8. The molecule has 152 valence electrons. The number of amides is 2. The lowest BCUT2D eigenvalue weighted by atomic mass is 9.91. The highest BCUT2D eigenvalue weighted by molar-refractivity contribution is 6.42. The zero-order valence-electron chi connectivity index (χ0n) is 16.2. The molecule has 1 unspecified atom stereocenters. The van der Waals surface area contributed by atoms with Crippen molar-refractivity contribution in [3.63, 3.8) is 0 Å². The normalized spacial score (nSPS) is 16.3. The fraction of sp³-hybridized carbons (Fsp3) is 0.136. The minimum Gasteiger partial charge on any atom is -0.327 e. The van der Waals surface area contributed by atoms with E-state index in [9.17, 15) is 9.59 Å². The van der Waals surface area contributed by atoms with E-state index in [4.69, 9.17) is 28.3 Å². The van der Waals surface area contributed by atoms with Crippen LogP contribution in [0.3, 0.4) is 0 Å². The van der Waals surface area contributed by atoms with Crippen LogP contribution in [0.4, 0.5) is 4.79 Å². The Labute approximate surface area is 183 Å². The zero-order chi connectivity index (χ0) is 21.4. The lowest BCUT2D eigenvalue weighted by Crippen LogP contribution is -2.44. The van der Waals surface area contributed by atoms with Crippen molar-refractivity contribution in [1.82, 2.24) is 20.4 Å². The van der Waals surface area contributed by atoms with Gasteiger partial charge in [0.25, 0.3) is 0 Å². The van der Waals surface area contributed by atoms with E-state index in [-0.39, 0.29) is 11.8 Å². The molecular weight excluding hydrogens is 423 g/mol. The lowest BCUT2D eigenvalue weighted by Gasteiger charge is -2.27. The molecule has 1 aromatic heterocycles. The SMILES string of the molecule is CC(=O)C1=C(C)NC(=O)NC1c1cn(-c2ccccc2)nc1-c1ccc(Cl)c(Cl)c1. The highest BCUT2D eigenvalue weighted by Gasteiger charge is 2.32. The van der Waals surface area contributed by atoms with E-state index in [0.29, 0.717) is 32.6 Å². The van der Waals surface area contributed by atoms with E-state index in [2.05, 4.69) is 10.6 Å². The van der Waals surface area contributed by atoms with Gasteiger partial charge in [0.05, 0.1) is 27.5 Å². The van der Waals surface area contributed by atoms with Crippen LogP contribution in [-0.2, 0) is 4.79 Å². The van der Waals surface area contributed by atoms with Crippen molar-refractivity contribution in [2.45, 2.75) is 19.9 Å². The van der Waals surface area contributed by atoms with Crippen LogP contribution in [0.1, 0.15) is 25.5 Å². The highest BCUT2D eigenvalue weighted by atomic mass is 35.5. The molecule has 1 aliphatic rings. The monoisotopic (exact) mass is 440 g/mol. The third-order valence-electron chi connectivity index (χ3n) is 4.92. The van der Waals surface area contributed by atoms with Crippen LogP contribution in [0.5, 0.6) is 0 Å². The molecule has 3 aromatic rings. The van der Waals surface area contributed by atoms with E-state index in [1.54, 1.807) is 23.7 Å². The molecule has 2 amide bonds. The Morgan fingerprint density at radius 3 is 2.50 bits per heavy atom. The molecule has 0 bridgehead atoms. The molecule has 4 rings (SSSR count). The number of Topliss-reactive ketones (excluding diaryl/α,β-unsaturated/α-hetero) is 1. The average Bonchev–Trinajstić information content (AvgIpc) is 3.15. The van der Waals surface area contributed by atoms with Crippen LogP contribution in [0, 0.1) is 0 Å².